The summed E-state index contributed by atoms with van der Waals surface area (Å²) in [5.41, 5.74) is 0.953. The van der Waals surface area contributed by atoms with Crippen molar-refractivity contribution < 1.29 is 43.5 Å². The first kappa shape index (κ1) is 29.9. The van der Waals surface area contributed by atoms with Gasteiger partial charge in [0.25, 0.3) is 0 Å². The lowest BCUT2D eigenvalue weighted by Crippen LogP contribution is -2.56. The summed E-state index contributed by atoms with van der Waals surface area (Å²) in [6.45, 7) is 5.93. The van der Waals surface area contributed by atoms with Crippen LogP contribution in [0.1, 0.15) is 32.3 Å². The average molecular weight is 604 g/mol. The van der Waals surface area contributed by atoms with Gasteiger partial charge in [0.1, 0.15) is 18.3 Å². The van der Waals surface area contributed by atoms with Crippen LogP contribution < -0.4 is 20.1 Å². The van der Waals surface area contributed by atoms with E-state index in [0.29, 0.717) is 44.2 Å². The molecule has 0 aromatic heterocycles. The first-order chi connectivity index (χ1) is 20.6. The number of ether oxygens (including phenoxy) is 4. The van der Waals surface area contributed by atoms with Crippen molar-refractivity contribution in [3.05, 3.63) is 23.8 Å². The van der Waals surface area contributed by atoms with E-state index < -0.39 is 36.6 Å². The summed E-state index contributed by atoms with van der Waals surface area (Å²) < 4.78 is 22.9. The minimum Gasteiger partial charge on any atom is -0.454 e. The average Bonchev–Trinajstić information content (AvgIpc) is 3.66. The predicted molar refractivity (Wildman–Crippen MR) is 150 cm³/mol. The SMILES string of the molecule is CC(C)NC(=O)N1C[C@@H]2CN(CCO2)C(=O)[C@@H]2C[C@@H](CN2Cc2ccc3c(c2)OCO3)NC(=O)C[C@@H]2O[C@H](C1)[C@@H](O)[C@H]2O. The molecule has 14 heteroatoms. The standard InChI is InChI=1S/C29H41N5O9/c1-16(2)30-29(39)34-13-19-12-32(5-6-40-19)28(38)20-8-18(31-25(35)9-23-26(36)27(37)24(14-34)43-23)11-33(20)10-17-3-4-21-22(7-17)42-15-41-21/h3-4,7,16,18-20,23-24,26-27,36-37H,5-6,8-15H2,1-2H3,(H,30,39)(H,31,35)/t18-,19-,20-,23-,24+,26-,27+/m0/s1. The van der Waals surface area contributed by atoms with Crippen molar-refractivity contribution in [2.75, 3.05) is 46.1 Å². The monoisotopic (exact) mass is 603 g/mol. The largest absolute Gasteiger partial charge is 0.454 e. The van der Waals surface area contributed by atoms with Crippen molar-refractivity contribution in [2.45, 2.75) is 81.9 Å². The Labute approximate surface area is 250 Å². The fourth-order valence-corrected chi connectivity index (χ4v) is 6.61. The minimum absolute atomic E-state index is 0.0166. The smallest absolute Gasteiger partial charge is 0.317 e. The fourth-order valence-electron chi connectivity index (χ4n) is 6.61. The number of nitrogens with one attached hydrogen (secondary N) is 2. The van der Waals surface area contributed by atoms with Crippen molar-refractivity contribution in [2.24, 2.45) is 0 Å². The number of fused-ring (bicyclic) bond motifs is 7. The van der Waals surface area contributed by atoms with Crippen LogP contribution in [-0.4, -0.2) is 138 Å². The Morgan fingerprint density at radius 3 is 2.67 bits per heavy atom. The van der Waals surface area contributed by atoms with Crippen LogP contribution in [0.4, 0.5) is 4.79 Å². The van der Waals surface area contributed by atoms with Gasteiger partial charge in [-0.05, 0) is 38.0 Å². The molecule has 14 nitrogen and oxygen atoms in total. The molecule has 1 aromatic carbocycles. The Bertz CT molecular complexity index is 1220. The summed E-state index contributed by atoms with van der Waals surface area (Å²) >= 11 is 0. The summed E-state index contributed by atoms with van der Waals surface area (Å²) in [5.74, 6) is 0.948. The minimum atomic E-state index is -1.29. The number of nitrogens with zero attached hydrogens (tertiary/aromatic N) is 3. The number of carbonyl (C=O) groups is 3. The highest BCUT2D eigenvalue weighted by Gasteiger charge is 2.46. The molecule has 6 rings (SSSR count). The number of hydrogen-bond donors (Lipinski definition) is 4. The van der Waals surface area contributed by atoms with E-state index in [1.807, 2.05) is 32.0 Å². The molecule has 0 spiro atoms. The number of carbonyl (C=O) groups excluding carboxylic acids is 3. The Morgan fingerprint density at radius 1 is 1.07 bits per heavy atom. The molecular weight excluding hydrogens is 562 g/mol. The van der Waals surface area contributed by atoms with E-state index >= 15 is 0 Å². The molecule has 1 aromatic rings. The number of hydrogen-bond acceptors (Lipinski definition) is 10. The number of morpholine rings is 1. The Kier molecular flexibility index (Phi) is 8.65. The lowest BCUT2D eigenvalue weighted by molar-refractivity contribution is -0.144. The Morgan fingerprint density at radius 2 is 1.86 bits per heavy atom. The van der Waals surface area contributed by atoms with Crippen LogP contribution in [0.15, 0.2) is 18.2 Å². The maximum atomic E-state index is 14.0. The Balaban J connectivity index is 1.26. The fraction of sp³-hybridized carbons (Fsp3) is 0.690. The van der Waals surface area contributed by atoms with E-state index in [-0.39, 0.29) is 62.8 Å². The molecule has 5 aliphatic heterocycles. The number of aliphatic hydroxyl groups excluding tert-OH is 2. The zero-order valence-corrected chi connectivity index (χ0v) is 24.5. The van der Waals surface area contributed by atoms with E-state index in [9.17, 15) is 24.6 Å². The van der Waals surface area contributed by atoms with E-state index in [1.165, 1.54) is 4.90 Å². The lowest BCUT2D eigenvalue weighted by Gasteiger charge is -2.38. The van der Waals surface area contributed by atoms with Crippen molar-refractivity contribution in [1.29, 1.82) is 0 Å². The summed E-state index contributed by atoms with van der Waals surface area (Å²) in [6.07, 6.45) is -4.60. The van der Waals surface area contributed by atoms with Crippen molar-refractivity contribution in [1.82, 2.24) is 25.3 Å². The topological polar surface area (TPSA) is 162 Å². The maximum Gasteiger partial charge on any atom is 0.317 e. The molecule has 0 unspecified atom stereocenters. The third-order valence-electron chi connectivity index (χ3n) is 8.70. The number of amides is 4. The zero-order chi connectivity index (χ0) is 30.2. The highest BCUT2D eigenvalue weighted by Crippen LogP contribution is 2.34. The van der Waals surface area contributed by atoms with Gasteiger partial charge in [0.2, 0.25) is 18.6 Å². The zero-order valence-electron chi connectivity index (χ0n) is 24.5. The van der Waals surface area contributed by atoms with Crippen LogP contribution in [0, 0.1) is 0 Å². The number of rotatable bonds is 3. The van der Waals surface area contributed by atoms with Gasteiger partial charge in [0.15, 0.2) is 11.5 Å². The number of benzene rings is 1. The van der Waals surface area contributed by atoms with Crippen LogP contribution in [0.5, 0.6) is 11.5 Å². The van der Waals surface area contributed by atoms with Gasteiger partial charge < -0.3 is 49.6 Å². The van der Waals surface area contributed by atoms with Gasteiger partial charge in [-0.2, -0.15) is 0 Å². The third-order valence-corrected chi connectivity index (χ3v) is 8.70. The van der Waals surface area contributed by atoms with E-state index in [4.69, 9.17) is 18.9 Å². The van der Waals surface area contributed by atoms with Gasteiger partial charge in [-0.1, -0.05) is 6.07 Å². The van der Waals surface area contributed by atoms with Gasteiger partial charge in [-0.25, -0.2) is 4.79 Å². The van der Waals surface area contributed by atoms with Crippen molar-refractivity contribution in [3.63, 3.8) is 0 Å². The molecule has 4 amide bonds. The third kappa shape index (κ3) is 6.53. The second kappa shape index (κ2) is 12.4. The van der Waals surface area contributed by atoms with E-state index in [2.05, 4.69) is 15.5 Å². The molecule has 6 bridgehead atoms. The Hall–Kier alpha value is -3.17. The van der Waals surface area contributed by atoms with Crippen LogP contribution in [-0.2, 0) is 25.6 Å². The molecule has 0 aliphatic carbocycles. The number of likely N-dealkylation sites (tertiary alicyclic amines) is 1. The van der Waals surface area contributed by atoms with E-state index in [1.54, 1.807) is 4.90 Å². The first-order valence-electron chi connectivity index (χ1n) is 15.0. The van der Waals surface area contributed by atoms with Crippen LogP contribution >= 0.6 is 0 Å². The number of urea groups is 1. The molecule has 4 fully saturated rings. The molecular formula is C29H41N5O9. The van der Waals surface area contributed by atoms with Crippen LogP contribution in [0.2, 0.25) is 0 Å². The molecule has 43 heavy (non-hydrogen) atoms. The molecule has 5 heterocycles. The van der Waals surface area contributed by atoms with Crippen molar-refractivity contribution >= 4 is 17.8 Å². The van der Waals surface area contributed by atoms with Gasteiger partial charge >= 0.3 is 6.03 Å². The highest BCUT2D eigenvalue weighted by atomic mass is 16.7. The maximum absolute atomic E-state index is 14.0. The van der Waals surface area contributed by atoms with Gasteiger partial charge in [0.05, 0.1) is 44.4 Å². The van der Waals surface area contributed by atoms with Crippen LogP contribution in [0.3, 0.4) is 0 Å². The summed E-state index contributed by atoms with van der Waals surface area (Å²) in [6, 6.07) is 4.42. The highest BCUT2D eigenvalue weighted by molar-refractivity contribution is 5.83. The molecule has 4 N–H and O–H groups in total. The molecule has 7 atom stereocenters. The summed E-state index contributed by atoms with van der Waals surface area (Å²) in [7, 11) is 0. The second-order valence-corrected chi connectivity index (χ2v) is 12.3. The van der Waals surface area contributed by atoms with Gasteiger partial charge in [-0.15, -0.1) is 0 Å². The second-order valence-electron chi connectivity index (χ2n) is 12.3. The summed E-state index contributed by atoms with van der Waals surface area (Å²) in [5, 5.41) is 27.4. The molecule has 5 aliphatic rings. The first-order valence-corrected chi connectivity index (χ1v) is 15.0. The molecule has 236 valence electrons. The molecule has 4 saturated heterocycles. The van der Waals surface area contributed by atoms with E-state index in [0.717, 1.165) is 5.56 Å². The quantitative estimate of drug-likeness (QED) is 0.338. The van der Waals surface area contributed by atoms with Gasteiger partial charge in [-0.3, -0.25) is 14.5 Å². The normalized spacial score (nSPS) is 33.2. The van der Waals surface area contributed by atoms with Crippen molar-refractivity contribution in [3.8, 4) is 11.5 Å². The summed E-state index contributed by atoms with van der Waals surface area (Å²) in [4.78, 5) is 45.7. The van der Waals surface area contributed by atoms with Crippen LogP contribution in [0.25, 0.3) is 0 Å². The van der Waals surface area contributed by atoms with Gasteiger partial charge in [0, 0.05) is 38.3 Å². The lowest BCUT2D eigenvalue weighted by atomic mass is 10.0. The molecule has 0 radical (unpaired) electrons. The predicted octanol–water partition coefficient (Wildman–Crippen LogP) is -0.985. The number of aliphatic hydroxyl groups is 2. The molecule has 0 saturated carbocycles.